The van der Waals surface area contributed by atoms with E-state index in [2.05, 4.69) is 30.5 Å². The Morgan fingerprint density at radius 3 is 2.85 bits per heavy atom. The first kappa shape index (κ1) is 17.2. The van der Waals surface area contributed by atoms with Crippen molar-refractivity contribution < 1.29 is 4.79 Å². The molecule has 0 saturated heterocycles. The molecule has 4 rings (SSSR count). The summed E-state index contributed by atoms with van der Waals surface area (Å²) in [6, 6.07) is 9.19. The molecule has 8 nitrogen and oxygen atoms in total. The fraction of sp³-hybridized carbons (Fsp3) is 0.167. The second-order valence-electron chi connectivity index (χ2n) is 6.06. The van der Waals surface area contributed by atoms with E-state index in [4.69, 9.17) is 11.6 Å². The molecule has 2 N–H and O–H groups in total. The van der Waals surface area contributed by atoms with Gasteiger partial charge in [-0.25, -0.2) is 15.0 Å². The van der Waals surface area contributed by atoms with E-state index in [0.29, 0.717) is 39.2 Å². The zero-order valence-corrected chi connectivity index (χ0v) is 15.4. The molecule has 0 spiro atoms. The average Bonchev–Trinajstić information content (AvgIpc) is 3.23. The van der Waals surface area contributed by atoms with E-state index < -0.39 is 0 Å². The maximum absolute atomic E-state index is 12.4. The Labute approximate surface area is 159 Å². The van der Waals surface area contributed by atoms with Gasteiger partial charge in [-0.05, 0) is 25.1 Å². The molecule has 1 amide bonds. The lowest BCUT2D eigenvalue weighted by atomic mass is 10.2. The third kappa shape index (κ3) is 3.26. The van der Waals surface area contributed by atoms with Gasteiger partial charge in [0.15, 0.2) is 11.5 Å². The molecule has 136 valence electrons. The molecular formula is C18H16ClN7O. The lowest BCUT2D eigenvalue weighted by molar-refractivity contribution is 0.0949. The van der Waals surface area contributed by atoms with Crippen molar-refractivity contribution in [1.29, 1.82) is 0 Å². The molecule has 0 atom stereocenters. The summed E-state index contributed by atoms with van der Waals surface area (Å²) in [5.74, 6) is 1.64. The summed E-state index contributed by atoms with van der Waals surface area (Å²) in [4.78, 5) is 25.6. The van der Waals surface area contributed by atoms with Crippen LogP contribution < -0.4 is 5.32 Å². The van der Waals surface area contributed by atoms with Crippen LogP contribution in [-0.4, -0.2) is 35.6 Å². The zero-order valence-electron chi connectivity index (χ0n) is 14.7. The lowest BCUT2D eigenvalue weighted by Crippen LogP contribution is -2.23. The number of carbonyl (C=O) groups is 1. The number of aromatic nitrogens is 6. The highest BCUT2D eigenvalue weighted by Gasteiger charge is 2.16. The largest absolute Gasteiger partial charge is 0.345 e. The molecule has 4 aromatic rings. The first-order valence-electron chi connectivity index (χ1n) is 8.26. The topological polar surface area (TPSA) is 101 Å². The Hall–Kier alpha value is -3.26. The quantitative estimate of drug-likeness (QED) is 0.566. The molecule has 0 unspecified atom stereocenters. The molecule has 27 heavy (non-hydrogen) atoms. The number of pyridine rings is 1. The van der Waals surface area contributed by atoms with Gasteiger partial charge in [0, 0.05) is 18.8 Å². The smallest absolute Gasteiger partial charge is 0.253 e. The highest BCUT2D eigenvalue weighted by Crippen LogP contribution is 2.28. The number of halogens is 1. The van der Waals surface area contributed by atoms with Gasteiger partial charge in [-0.3, -0.25) is 9.89 Å². The molecule has 0 bridgehead atoms. The van der Waals surface area contributed by atoms with Crippen LogP contribution >= 0.6 is 11.6 Å². The van der Waals surface area contributed by atoms with Gasteiger partial charge in [0.2, 0.25) is 0 Å². The summed E-state index contributed by atoms with van der Waals surface area (Å²) < 4.78 is 1.86. The number of benzene rings is 1. The summed E-state index contributed by atoms with van der Waals surface area (Å²) >= 11 is 6.29. The maximum atomic E-state index is 12.4. The van der Waals surface area contributed by atoms with Gasteiger partial charge in [-0.2, -0.15) is 5.10 Å². The van der Waals surface area contributed by atoms with E-state index in [1.165, 1.54) is 6.20 Å². The number of imidazole rings is 1. The Morgan fingerprint density at radius 2 is 2.11 bits per heavy atom. The fourth-order valence-electron chi connectivity index (χ4n) is 2.81. The second kappa shape index (κ2) is 6.81. The molecule has 0 fully saturated rings. The Morgan fingerprint density at radius 1 is 1.30 bits per heavy atom. The second-order valence-corrected chi connectivity index (χ2v) is 6.47. The van der Waals surface area contributed by atoms with Crippen LogP contribution in [0.4, 0.5) is 0 Å². The number of H-pyrrole nitrogens is 1. The van der Waals surface area contributed by atoms with Crippen molar-refractivity contribution in [2.24, 2.45) is 7.05 Å². The summed E-state index contributed by atoms with van der Waals surface area (Å²) in [7, 11) is 1.87. The van der Waals surface area contributed by atoms with Crippen LogP contribution in [0.3, 0.4) is 0 Å². The van der Waals surface area contributed by atoms with E-state index in [9.17, 15) is 4.79 Å². The number of rotatable bonds is 4. The number of hydrogen-bond acceptors (Lipinski definition) is 5. The summed E-state index contributed by atoms with van der Waals surface area (Å²) in [6.07, 6.45) is 1.53. The van der Waals surface area contributed by atoms with E-state index in [-0.39, 0.29) is 12.5 Å². The van der Waals surface area contributed by atoms with Crippen LogP contribution in [0.1, 0.15) is 22.0 Å². The van der Waals surface area contributed by atoms with Gasteiger partial charge in [-0.15, -0.1) is 0 Å². The van der Waals surface area contributed by atoms with E-state index >= 15 is 0 Å². The first-order valence-corrected chi connectivity index (χ1v) is 8.64. The van der Waals surface area contributed by atoms with Crippen molar-refractivity contribution in [2.75, 3.05) is 0 Å². The molecule has 0 radical (unpaired) electrons. The number of aromatic amines is 1. The number of nitrogens with zero attached hydrogens (tertiary/aromatic N) is 5. The molecule has 1 aromatic carbocycles. The van der Waals surface area contributed by atoms with Gasteiger partial charge < -0.3 is 9.88 Å². The highest BCUT2D eigenvalue weighted by atomic mass is 35.5. The zero-order chi connectivity index (χ0) is 19.0. The predicted molar refractivity (Wildman–Crippen MR) is 101 cm³/mol. The Bertz CT molecular complexity index is 1150. The summed E-state index contributed by atoms with van der Waals surface area (Å²) in [5, 5.41) is 10.1. The molecule has 3 heterocycles. The lowest BCUT2D eigenvalue weighted by Gasteiger charge is -2.04. The normalized spacial score (nSPS) is 11.1. The summed E-state index contributed by atoms with van der Waals surface area (Å²) in [5.41, 5.74) is 2.52. The first-order chi connectivity index (χ1) is 13.0. The van der Waals surface area contributed by atoms with Gasteiger partial charge in [0.25, 0.3) is 5.91 Å². The molecule has 0 aliphatic heterocycles. The summed E-state index contributed by atoms with van der Waals surface area (Å²) in [6.45, 7) is 2.03. The maximum Gasteiger partial charge on any atom is 0.253 e. The van der Waals surface area contributed by atoms with Crippen LogP contribution in [0.2, 0.25) is 5.02 Å². The Kier molecular flexibility index (Phi) is 4.33. The average molecular weight is 382 g/mol. The third-order valence-corrected chi connectivity index (χ3v) is 4.47. The van der Waals surface area contributed by atoms with Crippen molar-refractivity contribution >= 4 is 28.7 Å². The SMILES string of the molecule is Cc1nc(CNC(=O)c2cnc3c(c2)nc(-c2ccccc2Cl)n3C)n[nH]1. The van der Waals surface area contributed by atoms with Crippen molar-refractivity contribution in [3.05, 3.63) is 58.8 Å². The molecular weight excluding hydrogens is 366 g/mol. The van der Waals surface area contributed by atoms with Gasteiger partial charge >= 0.3 is 0 Å². The Balaban J connectivity index is 1.62. The van der Waals surface area contributed by atoms with E-state index in [1.54, 1.807) is 13.0 Å². The van der Waals surface area contributed by atoms with Crippen LogP contribution in [0.15, 0.2) is 36.5 Å². The van der Waals surface area contributed by atoms with Gasteiger partial charge in [0.05, 0.1) is 17.1 Å². The molecule has 0 aliphatic carbocycles. The van der Waals surface area contributed by atoms with Gasteiger partial charge in [0.1, 0.15) is 17.2 Å². The van der Waals surface area contributed by atoms with Crippen molar-refractivity contribution in [3.63, 3.8) is 0 Å². The number of amides is 1. The number of hydrogen-bond donors (Lipinski definition) is 2. The monoisotopic (exact) mass is 381 g/mol. The van der Waals surface area contributed by atoms with Crippen LogP contribution in [0.5, 0.6) is 0 Å². The van der Waals surface area contributed by atoms with Crippen molar-refractivity contribution in [3.8, 4) is 11.4 Å². The van der Waals surface area contributed by atoms with E-state index in [1.807, 2.05) is 35.9 Å². The number of aryl methyl sites for hydroxylation is 2. The molecule has 0 saturated carbocycles. The van der Waals surface area contributed by atoms with E-state index in [0.717, 1.165) is 5.56 Å². The van der Waals surface area contributed by atoms with Gasteiger partial charge in [-0.1, -0.05) is 23.7 Å². The van der Waals surface area contributed by atoms with Crippen LogP contribution in [0.25, 0.3) is 22.6 Å². The predicted octanol–water partition coefficient (Wildman–Crippen LogP) is 2.65. The highest BCUT2D eigenvalue weighted by molar-refractivity contribution is 6.33. The molecule has 9 heteroatoms. The standard InChI is InChI=1S/C18H16ClN7O/c1-10-22-15(25-24-10)9-21-18(27)11-7-14-17(20-8-11)26(2)16(23-14)12-5-3-4-6-13(12)19/h3-8H,9H2,1-2H3,(H,21,27)(H,22,24,25). The third-order valence-electron chi connectivity index (χ3n) is 4.14. The number of carbonyl (C=O) groups excluding carboxylic acids is 1. The van der Waals surface area contributed by atoms with Crippen LogP contribution in [-0.2, 0) is 13.6 Å². The molecule has 3 aromatic heterocycles. The van der Waals surface area contributed by atoms with Crippen molar-refractivity contribution in [1.82, 2.24) is 35.0 Å². The number of fused-ring (bicyclic) bond motifs is 1. The van der Waals surface area contributed by atoms with Crippen LogP contribution in [0, 0.1) is 6.92 Å². The fourth-order valence-corrected chi connectivity index (χ4v) is 3.03. The number of nitrogens with one attached hydrogen (secondary N) is 2. The minimum atomic E-state index is -0.267. The minimum absolute atomic E-state index is 0.230. The molecule has 0 aliphatic rings. The minimum Gasteiger partial charge on any atom is -0.345 e. The van der Waals surface area contributed by atoms with Crippen molar-refractivity contribution in [2.45, 2.75) is 13.5 Å².